The number of rotatable bonds is 4. The van der Waals surface area contributed by atoms with E-state index >= 15 is 0 Å². The molecule has 0 amide bonds. The second-order valence-electron chi connectivity index (χ2n) is 4.69. The molecule has 0 heterocycles. The molecule has 0 saturated heterocycles. The summed E-state index contributed by atoms with van der Waals surface area (Å²) in [5.74, 6) is 0.828. The Labute approximate surface area is 122 Å². The predicted molar refractivity (Wildman–Crippen MR) is 82.5 cm³/mol. The van der Waals surface area contributed by atoms with Crippen molar-refractivity contribution in [1.82, 2.24) is 0 Å². The molecule has 2 aromatic rings. The van der Waals surface area contributed by atoms with Crippen molar-refractivity contribution in [2.24, 2.45) is 5.73 Å². The molecule has 0 radical (unpaired) electrons. The Morgan fingerprint density at radius 3 is 2.68 bits per heavy atom. The van der Waals surface area contributed by atoms with Crippen molar-refractivity contribution >= 4 is 15.9 Å². The van der Waals surface area contributed by atoms with Crippen molar-refractivity contribution in [2.75, 3.05) is 7.11 Å². The van der Waals surface area contributed by atoms with Crippen LogP contribution in [0.2, 0.25) is 0 Å². The highest BCUT2D eigenvalue weighted by Gasteiger charge is 2.13. The molecule has 3 heteroatoms. The van der Waals surface area contributed by atoms with Crippen molar-refractivity contribution in [1.29, 1.82) is 0 Å². The van der Waals surface area contributed by atoms with Gasteiger partial charge in [-0.1, -0.05) is 51.8 Å². The molecule has 0 aliphatic heterocycles. The van der Waals surface area contributed by atoms with Gasteiger partial charge in [0.15, 0.2) is 0 Å². The maximum absolute atomic E-state index is 6.31. The fourth-order valence-corrected chi connectivity index (χ4v) is 2.53. The maximum atomic E-state index is 6.31. The maximum Gasteiger partial charge on any atom is 0.124 e. The standard InChI is InChI=1S/C16H18BrNO/c1-11-4-3-5-12(8-11)9-15(18)14-7-6-13(17)10-16(14)19-2/h3-8,10,15H,9,18H2,1-2H3. The SMILES string of the molecule is COc1cc(Br)ccc1C(N)Cc1cccc(C)c1. The molecule has 0 aliphatic carbocycles. The van der Waals surface area contributed by atoms with Crippen LogP contribution < -0.4 is 10.5 Å². The quantitative estimate of drug-likeness (QED) is 0.924. The molecule has 19 heavy (non-hydrogen) atoms. The minimum absolute atomic E-state index is 0.0650. The van der Waals surface area contributed by atoms with E-state index in [0.717, 1.165) is 22.2 Å². The van der Waals surface area contributed by atoms with Crippen molar-refractivity contribution in [3.8, 4) is 5.75 Å². The molecule has 2 rings (SSSR count). The molecule has 0 spiro atoms. The van der Waals surface area contributed by atoms with E-state index in [2.05, 4.69) is 47.1 Å². The molecule has 0 saturated carbocycles. The van der Waals surface area contributed by atoms with Crippen LogP contribution in [-0.2, 0) is 6.42 Å². The Morgan fingerprint density at radius 2 is 2.00 bits per heavy atom. The van der Waals surface area contributed by atoms with Gasteiger partial charge in [0.05, 0.1) is 7.11 Å². The number of halogens is 1. The molecule has 1 atom stereocenters. The van der Waals surface area contributed by atoms with Gasteiger partial charge in [0.2, 0.25) is 0 Å². The van der Waals surface area contributed by atoms with Gasteiger partial charge in [-0.15, -0.1) is 0 Å². The van der Waals surface area contributed by atoms with E-state index in [9.17, 15) is 0 Å². The van der Waals surface area contributed by atoms with Crippen LogP contribution in [0.3, 0.4) is 0 Å². The molecule has 0 aromatic heterocycles. The first kappa shape index (κ1) is 14.1. The van der Waals surface area contributed by atoms with Crippen LogP contribution in [0.1, 0.15) is 22.7 Å². The Kier molecular flexibility index (Phi) is 4.61. The van der Waals surface area contributed by atoms with Gasteiger partial charge < -0.3 is 10.5 Å². The lowest BCUT2D eigenvalue weighted by atomic mass is 9.98. The number of ether oxygens (including phenoxy) is 1. The molecule has 2 nitrogen and oxygen atoms in total. The summed E-state index contributed by atoms with van der Waals surface area (Å²) < 4.78 is 6.39. The zero-order valence-corrected chi connectivity index (χ0v) is 12.8. The second kappa shape index (κ2) is 6.22. The first-order valence-corrected chi connectivity index (χ1v) is 7.04. The van der Waals surface area contributed by atoms with Gasteiger partial charge in [0.25, 0.3) is 0 Å². The highest BCUT2D eigenvalue weighted by Crippen LogP contribution is 2.29. The third-order valence-electron chi connectivity index (χ3n) is 3.13. The third kappa shape index (κ3) is 3.58. The molecular weight excluding hydrogens is 302 g/mol. The number of hydrogen-bond donors (Lipinski definition) is 1. The summed E-state index contributed by atoms with van der Waals surface area (Å²) in [7, 11) is 1.67. The first-order chi connectivity index (χ1) is 9.10. The largest absolute Gasteiger partial charge is 0.496 e. The average molecular weight is 320 g/mol. The van der Waals surface area contributed by atoms with Gasteiger partial charge >= 0.3 is 0 Å². The summed E-state index contributed by atoms with van der Waals surface area (Å²) >= 11 is 3.44. The van der Waals surface area contributed by atoms with Crippen LogP contribution in [0.5, 0.6) is 5.75 Å². The summed E-state index contributed by atoms with van der Waals surface area (Å²) in [5.41, 5.74) is 9.85. The predicted octanol–water partition coefficient (Wildman–Crippen LogP) is 4.01. The molecular formula is C16H18BrNO. The minimum Gasteiger partial charge on any atom is -0.496 e. The fourth-order valence-electron chi connectivity index (χ4n) is 2.19. The number of nitrogens with two attached hydrogens (primary N) is 1. The van der Waals surface area contributed by atoms with E-state index in [4.69, 9.17) is 10.5 Å². The summed E-state index contributed by atoms with van der Waals surface area (Å²) in [6.45, 7) is 2.09. The van der Waals surface area contributed by atoms with E-state index in [1.807, 2.05) is 18.2 Å². The number of hydrogen-bond acceptors (Lipinski definition) is 2. The van der Waals surface area contributed by atoms with Crippen LogP contribution in [0.15, 0.2) is 46.9 Å². The van der Waals surface area contributed by atoms with E-state index in [1.165, 1.54) is 11.1 Å². The molecule has 2 aromatic carbocycles. The topological polar surface area (TPSA) is 35.2 Å². The molecule has 0 fully saturated rings. The Balaban J connectivity index is 2.22. The number of benzene rings is 2. The smallest absolute Gasteiger partial charge is 0.124 e. The molecule has 1 unspecified atom stereocenters. The highest BCUT2D eigenvalue weighted by atomic mass is 79.9. The lowest BCUT2D eigenvalue weighted by Gasteiger charge is -2.16. The van der Waals surface area contributed by atoms with Crippen molar-refractivity contribution < 1.29 is 4.74 Å². The molecule has 0 bridgehead atoms. The lowest BCUT2D eigenvalue weighted by molar-refractivity contribution is 0.405. The lowest BCUT2D eigenvalue weighted by Crippen LogP contribution is -2.14. The zero-order chi connectivity index (χ0) is 13.8. The van der Waals surface area contributed by atoms with Crippen molar-refractivity contribution in [2.45, 2.75) is 19.4 Å². The van der Waals surface area contributed by atoms with Gasteiger partial charge in [-0.2, -0.15) is 0 Å². The summed E-state index contributed by atoms with van der Waals surface area (Å²) in [6, 6.07) is 14.3. The van der Waals surface area contributed by atoms with E-state index in [0.29, 0.717) is 0 Å². The van der Waals surface area contributed by atoms with Gasteiger partial charge in [-0.05, 0) is 31.0 Å². The summed E-state index contributed by atoms with van der Waals surface area (Å²) in [4.78, 5) is 0. The van der Waals surface area contributed by atoms with Gasteiger partial charge in [0, 0.05) is 16.1 Å². The minimum atomic E-state index is -0.0650. The van der Waals surface area contributed by atoms with Crippen LogP contribution in [-0.4, -0.2) is 7.11 Å². The van der Waals surface area contributed by atoms with E-state index in [1.54, 1.807) is 7.11 Å². The van der Waals surface area contributed by atoms with Gasteiger partial charge in [-0.25, -0.2) is 0 Å². The number of aryl methyl sites for hydroxylation is 1. The van der Waals surface area contributed by atoms with Crippen LogP contribution in [0.25, 0.3) is 0 Å². The molecule has 100 valence electrons. The van der Waals surface area contributed by atoms with E-state index < -0.39 is 0 Å². The molecule has 0 aliphatic rings. The van der Waals surface area contributed by atoms with E-state index in [-0.39, 0.29) is 6.04 Å². The number of methoxy groups -OCH3 is 1. The second-order valence-corrected chi connectivity index (χ2v) is 5.60. The van der Waals surface area contributed by atoms with Gasteiger partial charge in [0.1, 0.15) is 5.75 Å². The Morgan fingerprint density at radius 1 is 1.21 bits per heavy atom. The average Bonchev–Trinajstić information content (AvgIpc) is 2.38. The highest BCUT2D eigenvalue weighted by molar-refractivity contribution is 9.10. The fraction of sp³-hybridized carbons (Fsp3) is 0.250. The van der Waals surface area contributed by atoms with Crippen molar-refractivity contribution in [3.05, 3.63) is 63.6 Å². The first-order valence-electron chi connectivity index (χ1n) is 6.24. The van der Waals surface area contributed by atoms with Gasteiger partial charge in [-0.3, -0.25) is 0 Å². The van der Waals surface area contributed by atoms with Crippen LogP contribution in [0.4, 0.5) is 0 Å². The monoisotopic (exact) mass is 319 g/mol. The zero-order valence-electron chi connectivity index (χ0n) is 11.2. The Hall–Kier alpha value is -1.32. The summed E-state index contributed by atoms with van der Waals surface area (Å²) in [6.07, 6.45) is 0.805. The normalized spacial score (nSPS) is 12.2. The van der Waals surface area contributed by atoms with Crippen LogP contribution >= 0.6 is 15.9 Å². The molecule has 2 N–H and O–H groups in total. The van der Waals surface area contributed by atoms with Crippen molar-refractivity contribution in [3.63, 3.8) is 0 Å². The summed E-state index contributed by atoms with van der Waals surface area (Å²) in [5, 5.41) is 0. The third-order valence-corrected chi connectivity index (χ3v) is 3.63. The Bertz CT molecular complexity index is 568. The van der Waals surface area contributed by atoms with Crippen LogP contribution in [0, 0.1) is 6.92 Å².